The van der Waals surface area contributed by atoms with Crippen molar-refractivity contribution in [3.63, 3.8) is 0 Å². The van der Waals surface area contributed by atoms with E-state index >= 15 is 0 Å². The van der Waals surface area contributed by atoms with E-state index in [1.54, 1.807) is 18.2 Å². The molecule has 1 amide bonds. The molecule has 0 bridgehead atoms. The van der Waals surface area contributed by atoms with Crippen LogP contribution in [0.1, 0.15) is 49.7 Å². The third-order valence-corrected chi connectivity index (χ3v) is 4.74. The Morgan fingerprint density at radius 3 is 2.57 bits per heavy atom. The molecule has 0 atom stereocenters. The summed E-state index contributed by atoms with van der Waals surface area (Å²) in [7, 11) is 2.77. The fourth-order valence-corrected chi connectivity index (χ4v) is 2.97. The Kier molecular flexibility index (Phi) is 5.73. The van der Waals surface area contributed by atoms with Gasteiger partial charge in [-0.3, -0.25) is 9.59 Å². The van der Waals surface area contributed by atoms with Crippen molar-refractivity contribution in [2.75, 3.05) is 20.8 Å². The van der Waals surface area contributed by atoms with Gasteiger partial charge < -0.3 is 14.8 Å². The fraction of sp³-hybridized carbons (Fsp3) is 0.333. The zero-order valence-electron chi connectivity index (χ0n) is 16.1. The number of methoxy groups -OCH3 is 2. The third kappa shape index (κ3) is 4.03. The highest BCUT2D eigenvalue weighted by Gasteiger charge is 2.24. The maximum absolute atomic E-state index is 12.4. The van der Waals surface area contributed by atoms with E-state index in [0.717, 1.165) is 18.4 Å². The summed E-state index contributed by atoms with van der Waals surface area (Å²) in [4.78, 5) is 40.5. The van der Waals surface area contributed by atoms with Crippen LogP contribution >= 0.6 is 0 Å². The van der Waals surface area contributed by atoms with Crippen LogP contribution in [0.25, 0.3) is 11.1 Å². The van der Waals surface area contributed by atoms with Crippen molar-refractivity contribution in [1.82, 2.24) is 10.3 Å². The van der Waals surface area contributed by atoms with E-state index in [4.69, 9.17) is 9.47 Å². The number of carbonyl (C=O) groups excluding carboxylic acids is 3. The van der Waals surface area contributed by atoms with Crippen molar-refractivity contribution in [3.05, 3.63) is 46.8 Å². The average Bonchev–Trinajstić information content (AvgIpc) is 3.55. The van der Waals surface area contributed by atoms with Crippen LogP contribution in [-0.2, 0) is 4.74 Å². The molecule has 0 unspecified atom stereocenters. The Morgan fingerprint density at radius 1 is 1.21 bits per heavy atom. The van der Waals surface area contributed by atoms with Crippen LogP contribution in [0.5, 0.6) is 5.75 Å². The SMILES string of the molecule is COC(=O)c1nc(C(=O)NCC2CC2)ccc1-c1cc(OC)c(C)cc1C=O. The number of amides is 1. The first kappa shape index (κ1) is 19.5. The van der Waals surface area contributed by atoms with Gasteiger partial charge in [0.2, 0.25) is 0 Å². The number of carbonyl (C=O) groups is 3. The summed E-state index contributed by atoms with van der Waals surface area (Å²) in [5.41, 5.74) is 2.14. The number of aldehydes is 1. The van der Waals surface area contributed by atoms with Gasteiger partial charge in [0.1, 0.15) is 11.4 Å². The zero-order valence-corrected chi connectivity index (χ0v) is 16.1. The first-order chi connectivity index (χ1) is 13.5. The molecule has 28 heavy (non-hydrogen) atoms. The fourth-order valence-electron chi connectivity index (χ4n) is 2.97. The van der Waals surface area contributed by atoms with Gasteiger partial charge in [-0.2, -0.15) is 0 Å². The molecule has 1 N–H and O–H groups in total. The van der Waals surface area contributed by atoms with E-state index in [1.807, 2.05) is 6.92 Å². The highest BCUT2D eigenvalue weighted by Crippen LogP contribution is 2.32. The Morgan fingerprint density at radius 2 is 1.96 bits per heavy atom. The van der Waals surface area contributed by atoms with Crippen molar-refractivity contribution in [1.29, 1.82) is 0 Å². The van der Waals surface area contributed by atoms with Gasteiger partial charge in [0, 0.05) is 17.7 Å². The molecule has 1 aliphatic carbocycles. The molecule has 1 aliphatic rings. The number of pyridine rings is 1. The summed E-state index contributed by atoms with van der Waals surface area (Å²) in [5, 5.41) is 2.82. The lowest BCUT2D eigenvalue weighted by atomic mass is 9.96. The predicted molar refractivity (Wildman–Crippen MR) is 103 cm³/mol. The van der Waals surface area contributed by atoms with Crippen molar-refractivity contribution in [2.45, 2.75) is 19.8 Å². The molecule has 0 saturated heterocycles. The molecule has 7 nitrogen and oxygen atoms in total. The van der Waals surface area contributed by atoms with Crippen LogP contribution in [0, 0.1) is 12.8 Å². The van der Waals surface area contributed by atoms with Gasteiger partial charge in [-0.15, -0.1) is 0 Å². The molecule has 3 rings (SSSR count). The van der Waals surface area contributed by atoms with Gasteiger partial charge in [-0.25, -0.2) is 9.78 Å². The molecule has 1 saturated carbocycles. The minimum absolute atomic E-state index is 0.0319. The lowest BCUT2D eigenvalue weighted by Gasteiger charge is -2.14. The molecule has 0 spiro atoms. The van der Waals surface area contributed by atoms with Crippen LogP contribution in [0.15, 0.2) is 24.3 Å². The number of hydrogen-bond donors (Lipinski definition) is 1. The van der Waals surface area contributed by atoms with Crippen molar-refractivity contribution < 1.29 is 23.9 Å². The highest BCUT2D eigenvalue weighted by atomic mass is 16.5. The van der Waals surface area contributed by atoms with E-state index in [1.165, 1.54) is 20.3 Å². The van der Waals surface area contributed by atoms with E-state index in [2.05, 4.69) is 10.3 Å². The predicted octanol–water partition coefficient (Wildman–Crippen LogP) is 2.80. The Hall–Kier alpha value is -3.22. The second-order valence-corrected chi connectivity index (χ2v) is 6.76. The number of benzene rings is 1. The second-order valence-electron chi connectivity index (χ2n) is 6.76. The maximum atomic E-state index is 12.4. The van der Waals surface area contributed by atoms with Crippen LogP contribution in [0.2, 0.25) is 0 Å². The van der Waals surface area contributed by atoms with Crippen LogP contribution < -0.4 is 10.1 Å². The quantitative estimate of drug-likeness (QED) is 0.584. The van der Waals surface area contributed by atoms with Gasteiger partial charge in [0.25, 0.3) is 5.91 Å². The summed E-state index contributed by atoms with van der Waals surface area (Å²) in [6.07, 6.45) is 2.94. The Bertz CT molecular complexity index is 935. The molecule has 146 valence electrons. The summed E-state index contributed by atoms with van der Waals surface area (Å²) >= 11 is 0. The number of nitrogens with zero attached hydrogens (tertiary/aromatic N) is 1. The van der Waals surface area contributed by atoms with E-state index in [9.17, 15) is 14.4 Å². The molecular formula is C21H22N2O5. The first-order valence-electron chi connectivity index (χ1n) is 9.00. The normalized spacial score (nSPS) is 13.0. The molecule has 0 radical (unpaired) electrons. The van der Waals surface area contributed by atoms with Crippen LogP contribution in [0.4, 0.5) is 0 Å². The van der Waals surface area contributed by atoms with Gasteiger partial charge in [-0.1, -0.05) is 0 Å². The average molecular weight is 382 g/mol. The lowest BCUT2D eigenvalue weighted by molar-refractivity contribution is 0.0594. The number of nitrogens with one attached hydrogen (secondary N) is 1. The molecule has 1 heterocycles. The third-order valence-electron chi connectivity index (χ3n) is 4.74. The van der Waals surface area contributed by atoms with Crippen molar-refractivity contribution >= 4 is 18.2 Å². The van der Waals surface area contributed by atoms with E-state index < -0.39 is 5.97 Å². The number of esters is 1. The molecule has 2 aromatic rings. The van der Waals surface area contributed by atoms with E-state index in [0.29, 0.717) is 41.2 Å². The topological polar surface area (TPSA) is 94.6 Å². The molecule has 1 fully saturated rings. The number of aromatic nitrogens is 1. The van der Waals surface area contributed by atoms with Gasteiger partial charge in [0.05, 0.1) is 14.2 Å². The van der Waals surface area contributed by atoms with Crippen molar-refractivity contribution in [3.8, 4) is 16.9 Å². The Balaban J connectivity index is 2.06. The molecule has 0 aliphatic heterocycles. The van der Waals surface area contributed by atoms with Crippen LogP contribution in [0.3, 0.4) is 0 Å². The summed E-state index contributed by atoms with van der Waals surface area (Å²) in [6, 6.07) is 6.49. The largest absolute Gasteiger partial charge is 0.496 e. The standard InChI is InChI=1S/C21H22N2O5/c1-12-8-14(11-24)16(9-18(12)27-2)15-6-7-17(23-19(15)21(26)28-3)20(25)22-10-13-4-5-13/h6-9,11,13H,4-5,10H2,1-3H3,(H,22,25). The highest BCUT2D eigenvalue weighted by molar-refractivity contribution is 6.01. The number of hydrogen-bond acceptors (Lipinski definition) is 6. The zero-order chi connectivity index (χ0) is 20.3. The molecule has 1 aromatic carbocycles. The van der Waals surface area contributed by atoms with Gasteiger partial charge in [0.15, 0.2) is 12.0 Å². The smallest absolute Gasteiger partial charge is 0.357 e. The first-order valence-corrected chi connectivity index (χ1v) is 9.00. The minimum Gasteiger partial charge on any atom is -0.496 e. The Labute approximate surface area is 163 Å². The minimum atomic E-state index is -0.691. The lowest BCUT2D eigenvalue weighted by Crippen LogP contribution is -2.27. The molecular weight excluding hydrogens is 360 g/mol. The van der Waals surface area contributed by atoms with Gasteiger partial charge in [-0.05, 0) is 61.1 Å². The second kappa shape index (κ2) is 8.21. The maximum Gasteiger partial charge on any atom is 0.357 e. The summed E-state index contributed by atoms with van der Waals surface area (Å²) in [6.45, 7) is 2.42. The molecule has 7 heteroatoms. The number of rotatable bonds is 7. The van der Waals surface area contributed by atoms with E-state index in [-0.39, 0.29) is 17.3 Å². The van der Waals surface area contributed by atoms with Crippen LogP contribution in [-0.4, -0.2) is 43.9 Å². The van der Waals surface area contributed by atoms with Crippen molar-refractivity contribution in [2.24, 2.45) is 5.92 Å². The number of ether oxygens (including phenoxy) is 2. The summed E-state index contributed by atoms with van der Waals surface area (Å²) in [5.74, 6) is 0.0603. The number of aryl methyl sites for hydroxylation is 1. The van der Waals surface area contributed by atoms with Gasteiger partial charge >= 0.3 is 5.97 Å². The molecule has 1 aromatic heterocycles. The summed E-state index contributed by atoms with van der Waals surface area (Å²) < 4.78 is 10.2. The monoisotopic (exact) mass is 382 g/mol.